The molecule has 0 bridgehead atoms. The number of nitrogens with zero attached hydrogens (tertiary/aromatic N) is 2. The van der Waals surface area contributed by atoms with Crippen LogP contribution in [0.5, 0.6) is 0 Å². The maximum atomic E-state index is 10.1. The van der Waals surface area contributed by atoms with Crippen LogP contribution in [-0.2, 0) is 17.7 Å². The Labute approximate surface area is 83.5 Å². The zero-order valence-corrected chi connectivity index (χ0v) is 8.44. The van der Waals surface area contributed by atoms with Crippen molar-refractivity contribution in [1.29, 1.82) is 0 Å². The summed E-state index contributed by atoms with van der Waals surface area (Å²) in [6.07, 6.45) is 5.17. The lowest BCUT2D eigenvalue weighted by molar-refractivity contribution is 0.0270. The number of hydrogen-bond acceptors (Lipinski definition) is 3. The van der Waals surface area contributed by atoms with Gasteiger partial charge in [0.1, 0.15) is 0 Å². The standard InChI is InChI=1S/C10H16N2O2/c1-2-12-7-9(6-11-12)5-10(13)3-4-14-8-10/h6-7,13H,2-5,8H2,1H3. The first kappa shape index (κ1) is 9.68. The van der Waals surface area contributed by atoms with Gasteiger partial charge in [-0.1, -0.05) is 0 Å². The number of ether oxygens (including phenoxy) is 1. The van der Waals surface area contributed by atoms with Crippen molar-refractivity contribution in [2.75, 3.05) is 13.2 Å². The predicted molar refractivity (Wildman–Crippen MR) is 52.0 cm³/mol. The molecule has 0 aromatic carbocycles. The molecule has 0 amide bonds. The summed E-state index contributed by atoms with van der Waals surface area (Å²) >= 11 is 0. The molecular weight excluding hydrogens is 180 g/mol. The first-order chi connectivity index (χ1) is 6.72. The van der Waals surface area contributed by atoms with Gasteiger partial charge in [0.2, 0.25) is 0 Å². The molecular formula is C10H16N2O2. The molecule has 1 aromatic rings. The molecule has 2 rings (SSSR count). The van der Waals surface area contributed by atoms with Crippen molar-refractivity contribution in [3.05, 3.63) is 18.0 Å². The van der Waals surface area contributed by atoms with Crippen molar-refractivity contribution in [3.63, 3.8) is 0 Å². The summed E-state index contributed by atoms with van der Waals surface area (Å²) in [7, 11) is 0. The van der Waals surface area contributed by atoms with Gasteiger partial charge < -0.3 is 9.84 Å². The highest BCUT2D eigenvalue weighted by atomic mass is 16.5. The first-order valence-corrected chi connectivity index (χ1v) is 5.03. The van der Waals surface area contributed by atoms with Gasteiger partial charge in [-0.15, -0.1) is 0 Å². The molecule has 0 radical (unpaired) electrons. The van der Waals surface area contributed by atoms with Crippen LogP contribution in [0, 0.1) is 0 Å². The number of aromatic nitrogens is 2. The van der Waals surface area contributed by atoms with Gasteiger partial charge in [-0.3, -0.25) is 4.68 Å². The maximum Gasteiger partial charge on any atom is 0.0943 e. The molecule has 1 atom stereocenters. The molecule has 1 fully saturated rings. The molecule has 4 nitrogen and oxygen atoms in total. The molecule has 0 spiro atoms. The Morgan fingerprint density at radius 3 is 3.14 bits per heavy atom. The second kappa shape index (κ2) is 3.71. The zero-order valence-electron chi connectivity index (χ0n) is 8.44. The van der Waals surface area contributed by atoms with Crippen LogP contribution in [0.2, 0.25) is 0 Å². The summed E-state index contributed by atoms with van der Waals surface area (Å²) in [5, 5.41) is 14.2. The van der Waals surface area contributed by atoms with E-state index >= 15 is 0 Å². The predicted octanol–water partition coefficient (Wildman–Crippen LogP) is 0.597. The smallest absolute Gasteiger partial charge is 0.0943 e. The normalized spacial score (nSPS) is 27.0. The van der Waals surface area contributed by atoms with Crippen LogP contribution in [0.3, 0.4) is 0 Å². The largest absolute Gasteiger partial charge is 0.387 e. The Morgan fingerprint density at radius 2 is 2.57 bits per heavy atom. The lowest BCUT2D eigenvalue weighted by Gasteiger charge is -2.18. The average molecular weight is 196 g/mol. The topological polar surface area (TPSA) is 47.3 Å². The first-order valence-electron chi connectivity index (χ1n) is 5.03. The second-order valence-electron chi connectivity index (χ2n) is 3.91. The fraction of sp³-hybridized carbons (Fsp3) is 0.700. The van der Waals surface area contributed by atoms with Crippen molar-refractivity contribution in [2.24, 2.45) is 0 Å². The van der Waals surface area contributed by atoms with Crippen LogP contribution in [0.4, 0.5) is 0 Å². The summed E-state index contributed by atoms with van der Waals surface area (Å²) in [6, 6.07) is 0. The number of hydrogen-bond donors (Lipinski definition) is 1. The minimum Gasteiger partial charge on any atom is -0.387 e. The van der Waals surface area contributed by atoms with E-state index < -0.39 is 5.60 Å². The lowest BCUT2D eigenvalue weighted by atomic mass is 9.96. The molecule has 1 aliphatic heterocycles. The van der Waals surface area contributed by atoms with Gasteiger partial charge in [0.25, 0.3) is 0 Å². The Balaban J connectivity index is 2.02. The van der Waals surface area contributed by atoms with E-state index in [-0.39, 0.29) is 0 Å². The van der Waals surface area contributed by atoms with Crippen molar-refractivity contribution < 1.29 is 9.84 Å². The van der Waals surface area contributed by atoms with E-state index in [0.29, 0.717) is 19.6 Å². The lowest BCUT2D eigenvalue weighted by Crippen LogP contribution is -2.31. The van der Waals surface area contributed by atoms with Crippen LogP contribution >= 0.6 is 0 Å². The van der Waals surface area contributed by atoms with Gasteiger partial charge in [-0.05, 0) is 12.5 Å². The molecule has 78 valence electrons. The molecule has 14 heavy (non-hydrogen) atoms. The fourth-order valence-corrected chi connectivity index (χ4v) is 1.79. The Bertz CT molecular complexity index is 303. The van der Waals surface area contributed by atoms with Crippen LogP contribution < -0.4 is 0 Å². The minimum absolute atomic E-state index is 0.449. The van der Waals surface area contributed by atoms with Crippen LogP contribution in [-0.4, -0.2) is 33.7 Å². The number of rotatable bonds is 3. The molecule has 1 unspecified atom stereocenters. The van der Waals surface area contributed by atoms with E-state index in [0.717, 1.165) is 18.5 Å². The average Bonchev–Trinajstić information content (AvgIpc) is 2.75. The summed E-state index contributed by atoms with van der Waals surface area (Å²) in [5.74, 6) is 0. The summed E-state index contributed by atoms with van der Waals surface area (Å²) in [4.78, 5) is 0. The molecule has 2 heterocycles. The molecule has 0 aliphatic carbocycles. The van der Waals surface area contributed by atoms with Gasteiger partial charge in [0.15, 0.2) is 0 Å². The third-order valence-corrected chi connectivity index (χ3v) is 2.63. The molecule has 1 N–H and O–H groups in total. The quantitative estimate of drug-likeness (QED) is 0.770. The SMILES string of the molecule is CCn1cc(CC2(O)CCOC2)cn1. The van der Waals surface area contributed by atoms with Crippen molar-refractivity contribution in [3.8, 4) is 0 Å². The highest BCUT2D eigenvalue weighted by Gasteiger charge is 2.32. The maximum absolute atomic E-state index is 10.1. The third kappa shape index (κ3) is 1.96. The van der Waals surface area contributed by atoms with E-state index in [1.54, 1.807) is 0 Å². The van der Waals surface area contributed by atoms with Gasteiger partial charge in [0.05, 0.1) is 18.4 Å². The van der Waals surface area contributed by atoms with Gasteiger partial charge in [-0.2, -0.15) is 5.10 Å². The summed E-state index contributed by atoms with van der Waals surface area (Å²) < 4.78 is 7.06. The van der Waals surface area contributed by atoms with Crippen molar-refractivity contribution in [2.45, 2.75) is 31.9 Å². The highest BCUT2D eigenvalue weighted by molar-refractivity contribution is 5.09. The van der Waals surface area contributed by atoms with E-state index in [1.165, 1.54) is 0 Å². The third-order valence-electron chi connectivity index (χ3n) is 2.63. The molecule has 4 heteroatoms. The Hall–Kier alpha value is -0.870. The van der Waals surface area contributed by atoms with Crippen LogP contribution in [0.25, 0.3) is 0 Å². The fourth-order valence-electron chi connectivity index (χ4n) is 1.79. The number of aliphatic hydroxyl groups is 1. The molecule has 1 aromatic heterocycles. The Morgan fingerprint density at radius 1 is 1.71 bits per heavy atom. The zero-order chi connectivity index (χ0) is 10.0. The second-order valence-corrected chi connectivity index (χ2v) is 3.91. The van der Waals surface area contributed by atoms with Crippen LogP contribution in [0.15, 0.2) is 12.4 Å². The molecule has 0 saturated carbocycles. The number of aryl methyl sites for hydroxylation is 1. The molecule has 1 aliphatic rings. The highest BCUT2D eigenvalue weighted by Crippen LogP contribution is 2.22. The summed E-state index contributed by atoms with van der Waals surface area (Å²) in [5.41, 5.74) is 0.418. The molecule has 1 saturated heterocycles. The van der Waals surface area contributed by atoms with E-state index in [4.69, 9.17) is 4.74 Å². The van der Waals surface area contributed by atoms with Gasteiger partial charge in [-0.25, -0.2) is 0 Å². The minimum atomic E-state index is -0.665. The van der Waals surface area contributed by atoms with E-state index in [9.17, 15) is 5.11 Å². The van der Waals surface area contributed by atoms with E-state index in [2.05, 4.69) is 5.10 Å². The van der Waals surface area contributed by atoms with Gasteiger partial charge >= 0.3 is 0 Å². The van der Waals surface area contributed by atoms with Crippen LogP contribution in [0.1, 0.15) is 18.9 Å². The van der Waals surface area contributed by atoms with Crippen molar-refractivity contribution >= 4 is 0 Å². The monoisotopic (exact) mass is 196 g/mol. The van der Waals surface area contributed by atoms with Crippen molar-refractivity contribution in [1.82, 2.24) is 9.78 Å². The Kier molecular flexibility index (Phi) is 2.56. The summed E-state index contributed by atoms with van der Waals surface area (Å²) in [6.45, 7) is 4.03. The van der Waals surface area contributed by atoms with Gasteiger partial charge in [0, 0.05) is 32.2 Å². The van der Waals surface area contributed by atoms with E-state index in [1.807, 2.05) is 24.0 Å².